The molecular formula is C29H22BrNO4. The second-order valence-corrected chi connectivity index (χ2v) is 8.89. The van der Waals surface area contributed by atoms with E-state index in [1.807, 2.05) is 24.3 Å². The molecule has 5 nitrogen and oxygen atoms in total. The molecule has 0 aliphatic carbocycles. The van der Waals surface area contributed by atoms with E-state index in [4.69, 9.17) is 0 Å². The molecule has 4 aromatic carbocycles. The summed E-state index contributed by atoms with van der Waals surface area (Å²) in [4.78, 5) is 37.3. The van der Waals surface area contributed by atoms with Crippen LogP contribution in [0.15, 0.2) is 102 Å². The lowest BCUT2D eigenvalue weighted by Crippen LogP contribution is -2.14. The number of amides is 1. The first kappa shape index (κ1) is 24.1. The third-order valence-corrected chi connectivity index (χ3v) is 6.17. The van der Waals surface area contributed by atoms with Crippen LogP contribution in [0.4, 0.5) is 5.69 Å². The van der Waals surface area contributed by atoms with Gasteiger partial charge < -0.3 is 10.4 Å². The zero-order chi connectivity index (χ0) is 24.8. The number of carbonyl (C=O) groups is 3. The van der Waals surface area contributed by atoms with Gasteiger partial charge in [0.25, 0.3) is 5.91 Å². The number of anilines is 1. The van der Waals surface area contributed by atoms with E-state index in [2.05, 4.69) is 21.2 Å². The summed E-state index contributed by atoms with van der Waals surface area (Å²) in [6.45, 7) is 0. The normalized spacial score (nSPS) is 10.5. The maximum absolute atomic E-state index is 13.1. The number of carboxylic acids is 1. The van der Waals surface area contributed by atoms with Gasteiger partial charge in [-0.15, -0.1) is 0 Å². The Morgan fingerprint density at radius 2 is 1.29 bits per heavy atom. The van der Waals surface area contributed by atoms with E-state index in [-0.39, 0.29) is 17.3 Å². The van der Waals surface area contributed by atoms with Crippen LogP contribution in [0.5, 0.6) is 0 Å². The lowest BCUT2D eigenvalue weighted by Gasteiger charge is -2.12. The van der Waals surface area contributed by atoms with E-state index in [0.717, 1.165) is 10.0 Å². The summed E-state index contributed by atoms with van der Waals surface area (Å²) < 4.78 is 0.999. The number of nitrogens with one attached hydrogen (secondary N) is 1. The zero-order valence-electron chi connectivity index (χ0n) is 18.7. The summed E-state index contributed by atoms with van der Waals surface area (Å²) >= 11 is 3.40. The van der Waals surface area contributed by atoms with Crippen LogP contribution in [0, 0.1) is 0 Å². The number of rotatable bonds is 8. The van der Waals surface area contributed by atoms with Crippen LogP contribution in [0.1, 0.15) is 43.1 Å². The highest BCUT2D eigenvalue weighted by atomic mass is 79.9. The van der Waals surface area contributed by atoms with E-state index in [9.17, 15) is 19.5 Å². The Hall–Kier alpha value is -4.03. The Morgan fingerprint density at radius 1 is 0.714 bits per heavy atom. The molecule has 35 heavy (non-hydrogen) atoms. The fourth-order valence-electron chi connectivity index (χ4n) is 3.81. The highest BCUT2D eigenvalue weighted by Crippen LogP contribution is 2.28. The molecular weight excluding hydrogens is 506 g/mol. The van der Waals surface area contributed by atoms with Gasteiger partial charge in [-0.2, -0.15) is 0 Å². The maximum Gasteiger partial charge on any atom is 0.336 e. The topological polar surface area (TPSA) is 83.5 Å². The maximum atomic E-state index is 13.1. The Morgan fingerprint density at radius 3 is 1.91 bits per heavy atom. The van der Waals surface area contributed by atoms with Crippen molar-refractivity contribution < 1.29 is 19.5 Å². The van der Waals surface area contributed by atoms with Gasteiger partial charge in [-0.3, -0.25) is 9.59 Å². The van der Waals surface area contributed by atoms with Crippen molar-refractivity contribution in [2.75, 3.05) is 5.32 Å². The molecule has 0 aliphatic heterocycles. The number of halogens is 1. The van der Waals surface area contributed by atoms with E-state index in [1.54, 1.807) is 66.7 Å². The Bertz CT molecular complexity index is 1380. The number of ketones is 1. The molecule has 0 saturated carbocycles. The number of carboxylic acid groups (broad SMARTS) is 1. The predicted octanol–water partition coefficient (Wildman–Crippen LogP) is 6.88. The summed E-state index contributed by atoms with van der Waals surface area (Å²) in [5.74, 6) is -1.40. The monoisotopic (exact) mass is 527 g/mol. The number of carbonyl (C=O) groups excluding carboxylic acids is 2. The van der Waals surface area contributed by atoms with Gasteiger partial charge in [0.15, 0.2) is 5.78 Å². The molecule has 0 atom stereocenters. The fourth-order valence-corrected chi connectivity index (χ4v) is 4.08. The molecule has 0 aromatic heterocycles. The molecule has 174 valence electrons. The Balaban J connectivity index is 1.46. The third kappa shape index (κ3) is 5.91. The molecule has 0 saturated heterocycles. The van der Waals surface area contributed by atoms with Crippen LogP contribution >= 0.6 is 15.9 Å². The number of hydrogen-bond donors (Lipinski definition) is 2. The largest absolute Gasteiger partial charge is 0.478 e. The number of aryl methyl sites for hydroxylation is 1. The first-order chi connectivity index (χ1) is 16.9. The Labute approximate surface area is 211 Å². The van der Waals surface area contributed by atoms with Crippen molar-refractivity contribution in [2.45, 2.75) is 12.8 Å². The lowest BCUT2D eigenvalue weighted by molar-refractivity contribution is 0.0697. The predicted molar refractivity (Wildman–Crippen MR) is 140 cm³/mol. The molecule has 0 aliphatic rings. The van der Waals surface area contributed by atoms with Gasteiger partial charge in [-0.25, -0.2) is 4.79 Å². The van der Waals surface area contributed by atoms with Crippen molar-refractivity contribution in [1.29, 1.82) is 0 Å². The van der Waals surface area contributed by atoms with Gasteiger partial charge in [0.2, 0.25) is 0 Å². The quantitative estimate of drug-likeness (QED) is 0.244. The number of Topliss-reactive ketones (excluding diaryl/α,β-unsaturated/α-hetero) is 1. The Kier molecular flexibility index (Phi) is 7.53. The van der Waals surface area contributed by atoms with Crippen molar-refractivity contribution in [3.8, 4) is 11.1 Å². The molecule has 0 spiro atoms. The average molecular weight is 528 g/mol. The van der Waals surface area contributed by atoms with E-state index < -0.39 is 5.97 Å². The van der Waals surface area contributed by atoms with Crippen molar-refractivity contribution in [3.63, 3.8) is 0 Å². The van der Waals surface area contributed by atoms with E-state index in [0.29, 0.717) is 40.8 Å². The molecule has 6 heteroatoms. The standard InChI is InChI=1S/C29H22BrNO4/c30-21-14-9-19(10-15-21)11-18-27(32)20-12-16-22(17-13-20)31-28(33)25-7-3-1-5-23(25)24-6-2-4-8-26(24)29(34)35/h1-10,12-17H,11,18H2,(H,31,33)(H,34,35). The molecule has 4 aromatic rings. The minimum Gasteiger partial charge on any atom is -0.478 e. The number of aromatic carboxylic acids is 1. The summed E-state index contributed by atoms with van der Waals surface area (Å²) in [5.41, 5.74) is 3.69. The smallest absolute Gasteiger partial charge is 0.336 e. The summed E-state index contributed by atoms with van der Waals surface area (Å²) in [6, 6.07) is 28.1. The van der Waals surface area contributed by atoms with E-state index >= 15 is 0 Å². The second kappa shape index (κ2) is 10.9. The van der Waals surface area contributed by atoms with Crippen LogP contribution in [0.2, 0.25) is 0 Å². The average Bonchev–Trinajstić information content (AvgIpc) is 2.88. The SMILES string of the molecule is O=C(CCc1ccc(Br)cc1)c1ccc(NC(=O)c2ccccc2-c2ccccc2C(=O)O)cc1. The molecule has 0 fully saturated rings. The summed E-state index contributed by atoms with van der Waals surface area (Å²) in [5, 5.41) is 12.4. The molecule has 2 N–H and O–H groups in total. The van der Waals surface area contributed by atoms with Gasteiger partial charge in [0, 0.05) is 27.7 Å². The van der Waals surface area contributed by atoms with E-state index in [1.165, 1.54) is 6.07 Å². The van der Waals surface area contributed by atoms with Crippen LogP contribution in [-0.4, -0.2) is 22.8 Å². The second-order valence-electron chi connectivity index (χ2n) is 7.98. The van der Waals surface area contributed by atoms with Crippen LogP contribution in [0.25, 0.3) is 11.1 Å². The van der Waals surface area contributed by atoms with Gasteiger partial charge in [0.05, 0.1) is 5.56 Å². The summed E-state index contributed by atoms with van der Waals surface area (Å²) in [7, 11) is 0. The molecule has 0 heterocycles. The first-order valence-corrected chi connectivity index (χ1v) is 11.8. The van der Waals surface area contributed by atoms with Gasteiger partial charge in [-0.1, -0.05) is 64.5 Å². The minimum absolute atomic E-state index is 0.0291. The molecule has 1 amide bonds. The number of benzene rings is 4. The van der Waals surface area contributed by atoms with Crippen LogP contribution in [-0.2, 0) is 6.42 Å². The van der Waals surface area contributed by atoms with Gasteiger partial charge in [-0.05, 0) is 71.6 Å². The molecule has 4 rings (SSSR count). The molecule has 0 bridgehead atoms. The third-order valence-electron chi connectivity index (χ3n) is 5.64. The highest BCUT2D eigenvalue weighted by Gasteiger charge is 2.17. The van der Waals surface area contributed by atoms with Gasteiger partial charge >= 0.3 is 5.97 Å². The van der Waals surface area contributed by atoms with Crippen LogP contribution < -0.4 is 5.32 Å². The lowest BCUT2D eigenvalue weighted by atomic mass is 9.95. The molecule has 0 unspecified atom stereocenters. The highest BCUT2D eigenvalue weighted by molar-refractivity contribution is 9.10. The first-order valence-electron chi connectivity index (χ1n) is 11.0. The van der Waals surface area contributed by atoms with Crippen molar-refractivity contribution >= 4 is 39.3 Å². The summed E-state index contributed by atoms with van der Waals surface area (Å²) in [6.07, 6.45) is 1.04. The number of hydrogen-bond acceptors (Lipinski definition) is 3. The minimum atomic E-state index is -1.06. The zero-order valence-corrected chi connectivity index (χ0v) is 20.3. The van der Waals surface area contributed by atoms with Crippen molar-refractivity contribution in [1.82, 2.24) is 0 Å². The molecule has 0 radical (unpaired) electrons. The van der Waals surface area contributed by atoms with Crippen molar-refractivity contribution in [3.05, 3.63) is 124 Å². The van der Waals surface area contributed by atoms with Gasteiger partial charge in [0.1, 0.15) is 0 Å². The van der Waals surface area contributed by atoms with Crippen molar-refractivity contribution in [2.24, 2.45) is 0 Å². The van der Waals surface area contributed by atoms with Crippen LogP contribution in [0.3, 0.4) is 0 Å². The fraction of sp³-hybridized carbons (Fsp3) is 0.0690.